The summed E-state index contributed by atoms with van der Waals surface area (Å²) in [5.74, 6) is 0.0341. The molecule has 2 aliphatic rings. The average Bonchev–Trinajstić information content (AvgIpc) is 3.55. The molecular weight excluding hydrogens is 484 g/mol. The standard InChI is InChI=1S/C30H32N2O4S/c1-30(23-9-4-3-5-10-23)19-27(32-36-30)25-12-8-13-26(25)29(33)31-20-21-15-17-22(18-16-21)24-11-6-7-14-28(24)37(2,34)35/h3-7,9-11,14-18,25-26H,8,12-13,19-20H2,1-2H3,(H,31,33)/t25-,26-,30?/m1/s1. The van der Waals surface area contributed by atoms with Crippen molar-refractivity contribution in [3.8, 4) is 11.1 Å². The van der Waals surface area contributed by atoms with E-state index in [0.717, 1.165) is 41.7 Å². The van der Waals surface area contributed by atoms with Crippen molar-refractivity contribution in [3.05, 3.63) is 90.0 Å². The molecule has 0 saturated heterocycles. The van der Waals surface area contributed by atoms with E-state index in [4.69, 9.17) is 4.84 Å². The third kappa shape index (κ3) is 5.32. The molecule has 7 heteroatoms. The molecule has 5 rings (SSSR count). The van der Waals surface area contributed by atoms with Gasteiger partial charge in [-0.2, -0.15) is 0 Å². The number of rotatable bonds is 7. The molecule has 0 aromatic heterocycles. The van der Waals surface area contributed by atoms with E-state index >= 15 is 0 Å². The van der Waals surface area contributed by atoms with Crippen LogP contribution in [0, 0.1) is 11.8 Å². The van der Waals surface area contributed by atoms with E-state index in [0.29, 0.717) is 23.4 Å². The van der Waals surface area contributed by atoms with Crippen LogP contribution in [0.1, 0.15) is 43.7 Å². The Hall–Kier alpha value is -3.45. The lowest BCUT2D eigenvalue weighted by atomic mass is 9.83. The minimum absolute atomic E-state index is 0.0463. The predicted molar refractivity (Wildman–Crippen MR) is 145 cm³/mol. The van der Waals surface area contributed by atoms with Gasteiger partial charge in [-0.3, -0.25) is 4.79 Å². The molecule has 6 nitrogen and oxygen atoms in total. The zero-order valence-electron chi connectivity index (χ0n) is 21.2. The minimum Gasteiger partial charge on any atom is -0.384 e. The van der Waals surface area contributed by atoms with E-state index in [-0.39, 0.29) is 17.7 Å². The normalized spacial score (nSPS) is 23.4. The van der Waals surface area contributed by atoms with Gasteiger partial charge in [-0.1, -0.05) is 84.4 Å². The molecule has 1 aliphatic carbocycles. The van der Waals surface area contributed by atoms with Crippen molar-refractivity contribution in [2.45, 2.75) is 49.6 Å². The quantitative estimate of drug-likeness (QED) is 0.451. The molecule has 1 unspecified atom stereocenters. The van der Waals surface area contributed by atoms with Gasteiger partial charge >= 0.3 is 0 Å². The summed E-state index contributed by atoms with van der Waals surface area (Å²) in [7, 11) is -3.33. The highest BCUT2D eigenvalue weighted by atomic mass is 32.2. The number of nitrogens with zero attached hydrogens (tertiary/aromatic N) is 1. The van der Waals surface area contributed by atoms with Gasteiger partial charge in [0, 0.05) is 36.6 Å². The minimum atomic E-state index is -3.33. The SMILES string of the molecule is CC1(c2ccccc2)CC([C@@H]2CCC[C@H]2C(=O)NCc2ccc(-c3ccccc3S(C)(=O)=O)cc2)=NO1. The number of nitrogens with one attached hydrogen (secondary N) is 1. The second-order valence-electron chi connectivity index (χ2n) is 10.3. The number of carbonyl (C=O) groups excluding carboxylic acids is 1. The Morgan fingerprint density at radius 3 is 2.43 bits per heavy atom. The van der Waals surface area contributed by atoms with Gasteiger partial charge in [-0.15, -0.1) is 0 Å². The van der Waals surface area contributed by atoms with Gasteiger partial charge in [0.05, 0.1) is 10.6 Å². The monoisotopic (exact) mass is 516 g/mol. The van der Waals surface area contributed by atoms with Gasteiger partial charge in [-0.25, -0.2) is 8.42 Å². The summed E-state index contributed by atoms with van der Waals surface area (Å²) < 4.78 is 24.3. The van der Waals surface area contributed by atoms with E-state index in [1.807, 2.05) is 54.6 Å². The maximum atomic E-state index is 13.2. The van der Waals surface area contributed by atoms with Crippen LogP contribution in [0.15, 0.2) is 88.9 Å². The van der Waals surface area contributed by atoms with Crippen molar-refractivity contribution < 1.29 is 18.0 Å². The van der Waals surface area contributed by atoms with Gasteiger partial charge in [0.25, 0.3) is 0 Å². The van der Waals surface area contributed by atoms with Crippen LogP contribution in [-0.2, 0) is 31.6 Å². The number of hydrogen-bond donors (Lipinski definition) is 1. The van der Waals surface area contributed by atoms with Crippen LogP contribution in [-0.4, -0.2) is 26.3 Å². The fourth-order valence-electron chi connectivity index (χ4n) is 5.54. The maximum absolute atomic E-state index is 13.2. The van der Waals surface area contributed by atoms with Crippen molar-refractivity contribution in [2.75, 3.05) is 6.26 Å². The molecule has 0 radical (unpaired) electrons. The second kappa shape index (κ2) is 10.1. The number of amides is 1. The molecule has 0 bridgehead atoms. The maximum Gasteiger partial charge on any atom is 0.224 e. The first-order valence-corrected chi connectivity index (χ1v) is 14.6. The molecule has 1 amide bonds. The van der Waals surface area contributed by atoms with Crippen molar-refractivity contribution >= 4 is 21.5 Å². The predicted octanol–water partition coefficient (Wildman–Crippen LogP) is 5.48. The fraction of sp³-hybridized carbons (Fsp3) is 0.333. The van der Waals surface area contributed by atoms with Gasteiger partial charge in [-0.05, 0) is 42.5 Å². The van der Waals surface area contributed by atoms with Crippen LogP contribution in [0.3, 0.4) is 0 Å². The Morgan fingerprint density at radius 1 is 1.00 bits per heavy atom. The molecule has 192 valence electrons. The first-order valence-electron chi connectivity index (χ1n) is 12.7. The van der Waals surface area contributed by atoms with Crippen molar-refractivity contribution in [2.24, 2.45) is 17.0 Å². The van der Waals surface area contributed by atoms with Crippen LogP contribution in [0.2, 0.25) is 0 Å². The summed E-state index contributed by atoms with van der Waals surface area (Å²) in [6.07, 6.45) is 4.70. The summed E-state index contributed by atoms with van der Waals surface area (Å²) in [4.78, 5) is 19.4. The van der Waals surface area contributed by atoms with Crippen molar-refractivity contribution in [1.29, 1.82) is 0 Å². The Bertz CT molecular complexity index is 1420. The van der Waals surface area contributed by atoms with Gasteiger partial charge in [0.1, 0.15) is 0 Å². The molecule has 1 heterocycles. The molecule has 3 aromatic rings. The number of hydrogen-bond acceptors (Lipinski definition) is 5. The zero-order chi connectivity index (χ0) is 26.0. The van der Waals surface area contributed by atoms with Crippen LogP contribution in [0.25, 0.3) is 11.1 Å². The van der Waals surface area contributed by atoms with Gasteiger partial charge in [0.15, 0.2) is 15.4 Å². The van der Waals surface area contributed by atoms with Crippen LogP contribution < -0.4 is 5.32 Å². The highest BCUT2D eigenvalue weighted by molar-refractivity contribution is 7.90. The largest absolute Gasteiger partial charge is 0.384 e. The lowest BCUT2D eigenvalue weighted by Gasteiger charge is -2.23. The lowest BCUT2D eigenvalue weighted by molar-refractivity contribution is -0.125. The summed E-state index contributed by atoms with van der Waals surface area (Å²) in [5, 5.41) is 7.57. The van der Waals surface area contributed by atoms with Crippen molar-refractivity contribution in [3.63, 3.8) is 0 Å². The van der Waals surface area contributed by atoms with E-state index in [1.54, 1.807) is 12.1 Å². The molecule has 1 saturated carbocycles. The smallest absolute Gasteiger partial charge is 0.224 e. The topological polar surface area (TPSA) is 84.8 Å². The number of carbonyl (C=O) groups is 1. The molecule has 0 spiro atoms. The summed E-state index contributed by atoms with van der Waals surface area (Å²) in [6.45, 7) is 2.47. The van der Waals surface area contributed by atoms with Crippen LogP contribution in [0.5, 0.6) is 0 Å². The molecule has 3 atom stereocenters. The average molecular weight is 517 g/mol. The van der Waals surface area contributed by atoms with E-state index in [2.05, 4.69) is 29.5 Å². The second-order valence-corrected chi connectivity index (χ2v) is 12.3. The fourth-order valence-corrected chi connectivity index (χ4v) is 6.45. The highest BCUT2D eigenvalue weighted by Gasteiger charge is 2.44. The molecule has 3 aromatic carbocycles. The third-order valence-electron chi connectivity index (χ3n) is 7.57. The Morgan fingerprint density at radius 2 is 1.70 bits per heavy atom. The Balaban J connectivity index is 1.22. The van der Waals surface area contributed by atoms with E-state index in [9.17, 15) is 13.2 Å². The number of benzene rings is 3. The lowest BCUT2D eigenvalue weighted by Crippen LogP contribution is -2.35. The summed E-state index contributed by atoms with van der Waals surface area (Å²) >= 11 is 0. The molecule has 1 N–H and O–H groups in total. The Labute approximate surface area is 218 Å². The number of sulfone groups is 1. The zero-order valence-corrected chi connectivity index (χ0v) is 22.0. The molecular formula is C30H32N2O4S. The molecule has 1 fully saturated rings. The van der Waals surface area contributed by atoms with Gasteiger partial charge in [0.2, 0.25) is 5.91 Å². The summed E-state index contributed by atoms with van der Waals surface area (Å²) in [6, 6.07) is 24.8. The third-order valence-corrected chi connectivity index (χ3v) is 8.72. The van der Waals surface area contributed by atoms with Crippen molar-refractivity contribution in [1.82, 2.24) is 5.32 Å². The number of oxime groups is 1. The van der Waals surface area contributed by atoms with Gasteiger partial charge < -0.3 is 10.2 Å². The highest BCUT2D eigenvalue weighted by Crippen LogP contribution is 2.42. The molecule has 37 heavy (non-hydrogen) atoms. The molecule has 1 aliphatic heterocycles. The Kier molecular flexibility index (Phi) is 6.90. The first kappa shape index (κ1) is 25.2. The van der Waals surface area contributed by atoms with Crippen LogP contribution in [0.4, 0.5) is 0 Å². The van der Waals surface area contributed by atoms with E-state index in [1.165, 1.54) is 6.26 Å². The summed E-state index contributed by atoms with van der Waals surface area (Å²) in [5.41, 5.74) is 4.05. The first-order chi connectivity index (χ1) is 17.7. The van der Waals surface area contributed by atoms with Crippen LogP contribution >= 0.6 is 0 Å². The van der Waals surface area contributed by atoms with E-state index < -0.39 is 15.4 Å².